The van der Waals surface area contributed by atoms with E-state index in [9.17, 15) is 4.79 Å². The molecule has 0 bridgehead atoms. The van der Waals surface area contributed by atoms with Crippen molar-refractivity contribution < 1.29 is 0 Å². The highest BCUT2D eigenvalue weighted by Gasteiger charge is 2.28. The molecule has 1 saturated carbocycles. The molecule has 1 aromatic heterocycles. The van der Waals surface area contributed by atoms with E-state index in [1.165, 1.54) is 17.3 Å². The number of nitrogens with one attached hydrogen (secondary N) is 1. The first kappa shape index (κ1) is 12.3. The molecule has 2 aromatic rings. The van der Waals surface area contributed by atoms with Gasteiger partial charge >= 0.3 is 0 Å². The Kier molecular flexibility index (Phi) is 3.29. The first-order valence-corrected chi connectivity index (χ1v) is 7.29. The van der Waals surface area contributed by atoms with Crippen molar-refractivity contribution in [2.24, 2.45) is 0 Å². The second-order valence-corrected chi connectivity index (χ2v) is 5.68. The first-order chi connectivity index (χ1) is 9.24. The Bertz CT molecular complexity index is 635. The van der Waals surface area contributed by atoms with Gasteiger partial charge in [-0.3, -0.25) is 9.78 Å². The number of H-pyrrole nitrogens is 1. The van der Waals surface area contributed by atoms with E-state index in [1.54, 1.807) is 0 Å². The minimum Gasteiger partial charge on any atom is -0.393 e. The molecule has 1 fully saturated rings. The van der Waals surface area contributed by atoms with Crippen LogP contribution in [0.25, 0.3) is 0 Å². The molecule has 5 heteroatoms. The Labute approximate surface area is 115 Å². The highest BCUT2D eigenvalue weighted by atomic mass is 32.2. The smallest absolute Gasteiger partial charge is 0.274 e. The minimum absolute atomic E-state index is 0.215. The zero-order valence-corrected chi connectivity index (χ0v) is 11.2. The van der Waals surface area contributed by atoms with E-state index >= 15 is 0 Å². The molecular formula is C14H15N3OS. The fraction of sp³-hybridized carbons (Fsp3) is 0.286. The van der Waals surface area contributed by atoms with Gasteiger partial charge in [-0.15, -0.1) is 0 Å². The summed E-state index contributed by atoms with van der Waals surface area (Å²) in [6, 6.07) is 10.1. The monoisotopic (exact) mass is 273 g/mol. The largest absolute Gasteiger partial charge is 0.393 e. The highest BCUT2D eigenvalue weighted by molar-refractivity contribution is 7.98. The van der Waals surface area contributed by atoms with E-state index in [1.807, 2.05) is 18.2 Å². The molecule has 3 rings (SSSR count). The van der Waals surface area contributed by atoms with Gasteiger partial charge in [0.2, 0.25) is 0 Å². The van der Waals surface area contributed by atoms with Crippen LogP contribution in [0, 0.1) is 0 Å². The molecule has 1 heterocycles. The van der Waals surface area contributed by atoms with E-state index in [0.717, 1.165) is 24.3 Å². The second kappa shape index (κ2) is 5.09. The van der Waals surface area contributed by atoms with E-state index < -0.39 is 0 Å². The third-order valence-electron chi connectivity index (χ3n) is 3.15. The molecule has 0 saturated heterocycles. The summed E-state index contributed by atoms with van der Waals surface area (Å²) in [5.74, 6) is 1.18. The van der Waals surface area contributed by atoms with E-state index in [0.29, 0.717) is 11.1 Å². The molecule has 3 N–H and O–H groups in total. The summed E-state index contributed by atoms with van der Waals surface area (Å²) < 4.78 is 0. The number of thioether (sulfide) groups is 1. The number of aromatic amines is 1. The molecule has 4 nitrogen and oxygen atoms in total. The molecule has 0 amide bonds. The number of benzene rings is 1. The van der Waals surface area contributed by atoms with Crippen LogP contribution in [0.2, 0.25) is 0 Å². The zero-order chi connectivity index (χ0) is 13.2. The quantitative estimate of drug-likeness (QED) is 0.663. The van der Waals surface area contributed by atoms with Crippen LogP contribution >= 0.6 is 11.8 Å². The van der Waals surface area contributed by atoms with E-state index in [-0.39, 0.29) is 11.2 Å². The molecule has 0 aliphatic heterocycles. The van der Waals surface area contributed by atoms with Gasteiger partial charge in [0.15, 0.2) is 5.16 Å². The lowest BCUT2D eigenvalue weighted by molar-refractivity contribution is 0.869. The first-order valence-electron chi connectivity index (χ1n) is 6.30. The number of aromatic nitrogens is 2. The van der Waals surface area contributed by atoms with Gasteiger partial charge in [-0.05, 0) is 18.4 Å². The fourth-order valence-electron chi connectivity index (χ4n) is 1.94. The van der Waals surface area contributed by atoms with Crippen LogP contribution in [0.4, 0.5) is 5.69 Å². The Hall–Kier alpha value is -1.75. The van der Waals surface area contributed by atoms with Crippen molar-refractivity contribution in [3.05, 3.63) is 51.9 Å². The van der Waals surface area contributed by atoms with Crippen LogP contribution in [0.5, 0.6) is 0 Å². The van der Waals surface area contributed by atoms with Gasteiger partial charge in [-0.25, -0.2) is 4.98 Å². The van der Waals surface area contributed by atoms with Gasteiger partial charge in [0, 0.05) is 11.7 Å². The Morgan fingerprint density at radius 3 is 2.74 bits per heavy atom. The summed E-state index contributed by atoms with van der Waals surface area (Å²) in [5, 5.41) is 0.657. The van der Waals surface area contributed by atoms with Crippen molar-refractivity contribution in [3.8, 4) is 0 Å². The predicted molar refractivity (Wildman–Crippen MR) is 77.2 cm³/mol. The number of anilines is 1. The summed E-state index contributed by atoms with van der Waals surface area (Å²) in [7, 11) is 0. The standard InChI is InChI=1S/C14H15N3OS/c15-11-12(10-6-7-10)16-14(17-13(11)18)19-8-9-4-2-1-3-5-9/h1-5,10H,6-8,15H2,(H,16,17,18). The van der Waals surface area contributed by atoms with Gasteiger partial charge in [-0.1, -0.05) is 42.1 Å². The lowest BCUT2D eigenvalue weighted by atomic mass is 10.2. The van der Waals surface area contributed by atoms with Crippen molar-refractivity contribution >= 4 is 17.4 Å². The van der Waals surface area contributed by atoms with Crippen LogP contribution in [-0.4, -0.2) is 9.97 Å². The molecule has 1 aliphatic carbocycles. The molecule has 1 aliphatic rings. The molecular weight excluding hydrogens is 258 g/mol. The van der Waals surface area contributed by atoms with Gasteiger partial charge in [0.25, 0.3) is 5.56 Å². The maximum atomic E-state index is 11.8. The van der Waals surface area contributed by atoms with E-state index in [2.05, 4.69) is 22.1 Å². The lowest BCUT2D eigenvalue weighted by Gasteiger charge is -2.06. The van der Waals surface area contributed by atoms with Crippen LogP contribution in [0.3, 0.4) is 0 Å². The lowest BCUT2D eigenvalue weighted by Crippen LogP contribution is -2.17. The molecule has 0 unspecified atom stereocenters. The summed E-state index contributed by atoms with van der Waals surface area (Å²) in [5.41, 5.74) is 7.84. The second-order valence-electron chi connectivity index (χ2n) is 4.72. The van der Waals surface area contributed by atoms with Crippen molar-refractivity contribution in [1.82, 2.24) is 9.97 Å². The SMILES string of the molecule is Nc1c(C2CC2)nc(SCc2ccccc2)[nH]c1=O. The maximum absolute atomic E-state index is 11.8. The number of hydrogen-bond donors (Lipinski definition) is 2. The average Bonchev–Trinajstić information content (AvgIpc) is 3.25. The summed E-state index contributed by atoms with van der Waals surface area (Å²) in [6.07, 6.45) is 2.17. The summed E-state index contributed by atoms with van der Waals surface area (Å²) >= 11 is 1.53. The van der Waals surface area contributed by atoms with Crippen LogP contribution in [-0.2, 0) is 5.75 Å². The third kappa shape index (κ3) is 2.81. The normalized spacial score (nSPS) is 14.5. The van der Waals surface area contributed by atoms with Crippen LogP contribution in [0.1, 0.15) is 30.0 Å². The van der Waals surface area contributed by atoms with Crippen molar-refractivity contribution in [2.45, 2.75) is 29.7 Å². The van der Waals surface area contributed by atoms with Crippen LogP contribution < -0.4 is 11.3 Å². The van der Waals surface area contributed by atoms with Crippen LogP contribution in [0.15, 0.2) is 40.3 Å². The fourth-order valence-corrected chi connectivity index (χ4v) is 2.76. The molecule has 0 spiro atoms. The highest BCUT2D eigenvalue weighted by Crippen LogP contribution is 2.41. The van der Waals surface area contributed by atoms with Gasteiger partial charge in [0.05, 0.1) is 5.69 Å². The van der Waals surface area contributed by atoms with Crippen molar-refractivity contribution in [2.75, 3.05) is 5.73 Å². The summed E-state index contributed by atoms with van der Waals surface area (Å²) in [6.45, 7) is 0. The number of nitrogen functional groups attached to an aromatic ring is 1. The number of rotatable bonds is 4. The molecule has 19 heavy (non-hydrogen) atoms. The van der Waals surface area contributed by atoms with Gasteiger partial charge < -0.3 is 5.73 Å². The number of nitrogens with two attached hydrogens (primary N) is 1. The topological polar surface area (TPSA) is 71.8 Å². The van der Waals surface area contributed by atoms with Crippen molar-refractivity contribution in [3.63, 3.8) is 0 Å². The van der Waals surface area contributed by atoms with Gasteiger partial charge in [0.1, 0.15) is 5.69 Å². The van der Waals surface area contributed by atoms with Gasteiger partial charge in [-0.2, -0.15) is 0 Å². The average molecular weight is 273 g/mol. The van der Waals surface area contributed by atoms with E-state index in [4.69, 9.17) is 5.73 Å². The molecule has 0 atom stereocenters. The predicted octanol–water partition coefficient (Wildman–Crippen LogP) is 2.52. The zero-order valence-electron chi connectivity index (χ0n) is 10.4. The number of nitrogens with zero attached hydrogens (tertiary/aromatic N) is 1. The summed E-state index contributed by atoms with van der Waals surface area (Å²) in [4.78, 5) is 19.0. The Balaban J connectivity index is 1.79. The maximum Gasteiger partial charge on any atom is 0.274 e. The number of hydrogen-bond acceptors (Lipinski definition) is 4. The Morgan fingerprint density at radius 2 is 2.05 bits per heavy atom. The molecule has 98 valence electrons. The molecule has 1 aromatic carbocycles. The van der Waals surface area contributed by atoms with Crippen molar-refractivity contribution in [1.29, 1.82) is 0 Å². The minimum atomic E-state index is -0.215. The molecule has 0 radical (unpaired) electrons. The Morgan fingerprint density at radius 1 is 1.32 bits per heavy atom. The third-order valence-corrected chi connectivity index (χ3v) is 4.09.